The minimum Gasteiger partial charge on any atom is -0.477 e. The van der Waals surface area contributed by atoms with Gasteiger partial charge >= 0.3 is 5.97 Å². The molecule has 2 aromatic heterocycles. The predicted octanol–water partition coefficient (Wildman–Crippen LogP) is 2.52. The lowest BCUT2D eigenvalue weighted by Crippen LogP contribution is -2.04. The number of halogens is 1. The molecule has 2 heterocycles. The van der Waals surface area contributed by atoms with E-state index in [0.717, 1.165) is 5.69 Å². The van der Waals surface area contributed by atoms with E-state index < -0.39 is 5.97 Å². The first kappa shape index (κ1) is 12.5. The lowest BCUT2D eigenvalue weighted by Gasteiger charge is -2.07. The molecule has 92 valence electrons. The summed E-state index contributed by atoms with van der Waals surface area (Å²) in [6.45, 7) is 0.232. The van der Waals surface area contributed by atoms with Crippen molar-refractivity contribution in [1.29, 1.82) is 0 Å². The molecule has 0 radical (unpaired) electrons. The molecule has 2 aromatic rings. The summed E-state index contributed by atoms with van der Waals surface area (Å²) in [5.41, 5.74) is 0.682. The van der Waals surface area contributed by atoms with Gasteiger partial charge in [-0.15, -0.1) is 0 Å². The van der Waals surface area contributed by atoms with Crippen LogP contribution in [-0.4, -0.2) is 21.0 Å². The van der Waals surface area contributed by atoms with Crippen molar-refractivity contribution < 1.29 is 14.6 Å². The standard InChI is InChI=1S/C12H9BrN2O3/c13-9-4-5-10(12(16)17)15-11(9)18-7-8-3-1-2-6-14-8/h1-6H,7H2,(H,16,17). The molecule has 0 saturated carbocycles. The van der Waals surface area contributed by atoms with Crippen molar-refractivity contribution in [3.05, 3.63) is 52.4 Å². The maximum Gasteiger partial charge on any atom is 0.354 e. The lowest BCUT2D eigenvalue weighted by molar-refractivity contribution is 0.0689. The van der Waals surface area contributed by atoms with Gasteiger partial charge in [-0.05, 0) is 40.2 Å². The van der Waals surface area contributed by atoms with E-state index >= 15 is 0 Å². The Bertz CT molecular complexity index is 561. The third-order valence-corrected chi connectivity index (χ3v) is 2.72. The first-order valence-corrected chi connectivity index (χ1v) is 5.88. The molecule has 0 aliphatic carbocycles. The van der Waals surface area contributed by atoms with E-state index in [1.807, 2.05) is 18.2 Å². The molecule has 18 heavy (non-hydrogen) atoms. The molecule has 0 bridgehead atoms. The van der Waals surface area contributed by atoms with E-state index in [1.54, 1.807) is 12.3 Å². The number of rotatable bonds is 4. The second-order valence-electron chi connectivity index (χ2n) is 3.40. The number of carbonyl (C=O) groups is 1. The van der Waals surface area contributed by atoms with Crippen molar-refractivity contribution in [2.45, 2.75) is 6.61 Å². The molecular formula is C12H9BrN2O3. The number of carboxylic acid groups (broad SMARTS) is 1. The van der Waals surface area contributed by atoms with Gasteiger partial charge in [0.1, 0.15) is 6.61 Å². The van der Waals surface area contributed by atoms with E-state index in [2.05, 4.69) is 25.9 Å². The highest BCUT2D eigenvalue weighted by Gasteiger charge is 2.10. The molecule has 0 unspecified atom stereocenters. The zero-order chi connectivity index (χ0) is 13.0. The van der Waals surface area contributed by atoms with Gasteiger partial charge in [0, 0.05) is 6.20 Å². The molecule has 2 rings (SSSR count). The Morgan fingerprint density at radius 1 is 1.33 bits per heavy atom. The van der Waals surface area contributed by atoms with Gasteiger partial charge in [-0.25, -0.2) is 9.78 Å². The lowest BCUT2D eigenvalue weighted by atomic mass is 10.3. The quantitative estimate of drug-likeness (QED) is 0.939. The fourth-order valence-corrected chi connectivity index (χ4v) is 1.60. The number of hydrogen-bond donors (Lipinski definition) is 1. The van der Waals surface area contributed by atoms with Gasteiger partial charge in [0.2, 0.25) is 5.88 Å². The zero-order valence-electron chi connectivity index (χ0n) is 9.21. The number of carboxylic acids is 1. The number of aromatic nitrogens is 2. The second-order valence-corrected chi connectivity index (χ2v) is 4.25. The third kappa shape index (κ3) is 3.04. The topological polar surface area (TPSA) is 72.3 Å². The van der Waals surface area contributed by atoms with Crippen LogP contribution in [-0.2, 0) is 6.61 Å². The van der Waals surface area contributed by atoms with Gasteiger partial charge in [-0.1, -0.05) is 6.07 Å². The van der Waals surface area contributed by atoms with Crippen molar-refractivity contribution >= 4 is 21.9 Å². The fraction of sp³-hybridized carbons (Fsp3) is 0.0833. The first-order valence-electron chi connectivity index (χ1n) is 5.09. The van der Waals surface area contributed by atoms with Crippen molar-refractivity contribution in [3.8, 4) is 5.88 Å². The number of aromatic carboxylic acids is 1. The minimum atomic E-state index is -1.09. The van der Waals surface area contributed by atoms with Crippen LogP contribution in [0, 0.1) is 0 Å². The molecule has 6 heteroatoms. The van der Waals surface area contributed by atoms with Gasteiger partial charge in [0.25, 0.3) is 0 Å². The van der Waals surface area contributed by atoms with E-state index in [-0.39, 0.29) is 18.2 Å². The molecular weight excluding hydrogens is 300 g/mol. The van der Waals surface area contributed by atoms with Crippen molar-refractivity contribution in [1.82, 2.24) is 9.97 Å². The maximum atomic E-state index is 10.8. The van der Waals surface area contributed by atoms with Crippen LogP contribution in [0.25, 0.3) is 0 Å². The predicted molar refractivity (Wildman–Crippen MR) is 67.5 cm³/mol. The van der Waals surface area contributed by atoms with Gasteiger partial charge in [-0.3, -0.25) is 4.98 Å². The van der Waals surface area contributed by atoms with Crippen molar-refractivity contribution in [3.63, 3.8) is 0 Å². The molecule has 0 saturated heterocycles. The average Bonchev–Trinajstić information content (AvgIpc) is 2.38. The molecule has 1 N–H and O–H groups in total. The fourth-order valence-electron chi connectivity index (χ4n) is 1.27. The maximum absolute atomic E-state index is 10.8. The highest BCUT2D eigenvalue weighted by Crippen LogP contribution is 2.23. The Morgan fingerprint density at radius 2 is 2.17 bits per heavy atom. The van der Waals surface area contributed by atoms with Crippen LogP contribution in [0.1, 0.15) is 16.2 Å². The highest BCUT2D eigenvalue weighted by molar-refractivity contribution is 9.10. The molecule has 0 fully saturated rings. The third-order valence-electron chi connectivity index (χ3n) is 2.12. The van der Waals surface area contributed by atoms with E-state index in [0.29, 0.717) is 4.47 Å². The van der Waals surface area contributed by atoms with E-state index in [1.165, 1.54) is 6.07 Å². The Labute approximate surface area is 112 Å². The molecule has 0 aliphatic heterocycles. The first-order chi connectivity index (χ1) is 8.66. The van der Waals surface area contributed by atoms with Crippen LogP contribution in [0.2, 0.25) is 0 Å². The summed E-state index contributed by atoms with van der Waals surface area (Å²) in [6, 6.07) is 8.46. The summed E-state index contributed by atoms with van der Waals surface area (Å²) < 4.78 is 6.03. The zero-order valence-corrected chi connectivity index (χ0v) is 10.8. The number of ether oxygens (including phenoxy) is 1. The second kappa shape index (κ2) is 5.59. The van der Waals surface area contributed by atoms with Crippen LogP contribution in [0.3, 0.4) is 0 Å². The number of pyridine rings is 2. The minimum absolute atomic E-state index is 0.0609. The largest absolute Gasteiger partial charge is 0.477 e. The van der Waals surface area contributed by atoms with Gasteiger partial charge in [0.05, 0.1) is 10.2 Å². The molecule has 0 amide bonds. The normalized spacial score (nSPS) is 10.1. The van der Waals surface area contributed by atoms with Gasteiger partial charge < -0.3 is 9.84 Å². The molecule has 0 aliphatic rings. The molecule has 0 atom stereocenters. The van der Waals surface area contributed by atoms with E-state index in [4.69, 9.17) is 9.84 Å². The van der Waals surface area contributed by atoms with Gasteiger partial charge in [-0.2, -0.15) is 0 Å². The SMILES string of the molecule is O=C(O)c1ccc(Br)c(OCc2ccccn2)n1. The Hall–Kier alpha value is -1.95. The number of hydrogen-bond acceptors (Lipinski definition) is 4. The smallest absolute Gasteiger partial charge is 0.354 e. The highest BCUT2D eigenvalue weighted by atomic mass is 79.9. The van der Waals surface area contributed by atoms with Crippen LogP contribution in [0.4, 0.5) is 0 Å². The summed E-state index contributed by atoms with van der Waals surface area (Å²) in [5, 5.41) is 8.84. The number of nitrogens with zero attached hydrogens (tertiary/aromatic N) is 2. The summed E-state index contributed by atoms with van der Waals surface area (Å²) in [5.74, 6) is -0.856. The summed E-state index contributed by atoms with van der Waals surface area (Å²) in [6.07, 6.45) is 1.66. The van der Waals surface area contributed by atoms with Crippen LogP contribution >= 0.6 is 15.9 Å². The Balaban J connectivity index is 2.14. The van der Waals surface area contributed by atoms with Crippen LogP contribution < -0.4 is 4.74 Å². The summed E-state index contributed by atoms with van der Waals surface area (Å²) >= 11 is 3.25. The van der Waals surface area contributed by atoms with Crippen LogP contribution in [0.5, 0.6) is 5.88 Å². The Morgan fingerprint density at radius 3 is 2.83 bits per heavy atom. The van der Waals surface area contributed by atoms with Crippen LogP contribution in [0.15, 0.2) is 41.0 Å². The van der Waals surface area contributed by atoms with E-state index in [9.17, 15) is 4.79 Å². The monoisotopic (exact) mass is 308 g/mol. The summed E-state index contributed by atoms with van der Waals surface area (Å²) in [7, 11) is 0. The molecule has 0 spiro atoms. The summed E-state index contributed by atoms with van der Waals surface area (Å²) in [4.78, 5) is 18.8. The van der Waals surface area contributed by atoms with Crippen molar-refractivity contribution in [2.24, 2.45) is 0 Å². The Kier molecular flexibility index (Phi) is 3.88. The molecule has 0 aromatic carbocycles. The van der Waals surface area contributed by atoms with Crippen molar-refractivity contribution in [2.75, 3.05) is 0 Å². The average molecular weight is 309 g/mol. The van der Waals surface area contributed by atoms with Gasteiger partial charge in [0.15, 0.2) is 5.69 Å². The molecule has 5 nitrogen and oxygen atoms in total.